The van der Waals surface area contributed by atoms with E-state index >= 15 is 0 Å². The smallest absolute Gasteiger partial charge is 0.128 e. The molecule has 11 nitrogen and oxygen atoms in total. The molecule has 5 atom stereocenters. The second-order valence-corrected chi connectivity index (χ2v) is 15.3. The molecule has 6 N–H and O–H groups in total. The predicted octanol–water partition coefficient (Wildman–Crippen LogP) is 6.57. The second kappa shape index (κ2) is 18.2. The van der Waals surface area contributed by atoms with Crippen molar-refractivity contribution in [2.24, 2.45) is 11.8 Å². The molecule has 2 heterocycles. The SMILES string of the molecule is CNCCNCc1cc2c(cc1OC)[C@H](O)[C@H]([C@H]1COc3c(Cc4cc(O)ccc4-c4cccc(O)c4)cc(OC4CCCC4)cc3[C@H]1O)[C@@H](CCCOC)O2. The zero-order chi connectivity index (χ0) is 39.2. The maximum absolute atomic E-state index is 12.5. The number of benzene rings is 4. The number of aliphatic hydroxyl groups is 2. The Hall–Kier alpha value is -4.52. The van der Waals surface area contributed by atoms with Gasteiger partial charge < -0.3 is 54.7 Å². The summed E-state index contributed by atoms with van der Waals surface area (Å²) in [7, 11) is 5.21. The van der Waals surface area contributed by atoms with E-state index in [4.69, 9.17) is 23.7 Å². The molecule has 11 heteroatoms. The van der Waals surface area contributed by atoms with Crippen LogP contribution < -0.4 is 29.6 Å². The molecule has 0 aromatic heterocycles. The molecule has 0 amide bonds. The summed E-state index contributed by atoms with van der Waals surface area (Å²) in [5.74, 6) is 1.71. The standard InChI is InChI=1S/C45H56N2O9/c1-46-15-16-47-25-30-22-41-36(24-40(30)53-3)44(51)42(39(56-41)12-7-17-52-2)38-26-54-45-29(21-34(23-37(45)43(38)50)55-33-10-4-5-11-33)18-28-20-32(49)13-14-35(28)27-8-6-9-31(48)19-27/h6,8-9,13-14,19-24,33,38-39,42-44,46-51H,4-5,7,10-12,15-18,25-26H2,1-3H3/t38-,39-,42-,43-,44+/m1/s1. The van der Waals surface area contributed by atoms with Crippen LogP contribution in [0.4, 0.5) is 0 Å². The number of nitrogens with one attached hydrogen (secondary N) is 2. The topological polar surface area (TPSA) is 151 Å². The van der Waals surface area contributed by atoms with E-state index in [1.807, 2.05) is 43.4 Å². The highest BCUT2D eigenvalue weighted by Gasteiger charge is 2.48. The van der Waals surface area contributed by atoms with E-state index < -0.39 is 30.1 Å². The lowest BCUT2D eigenvalue weighted by Gasteiger charge is -2.45. The van der Waals surface area contributed by atoms with E-state index in [1.54, 1.807) is 44.6 Å². The third kappa shape index (κ3) is 8.72. The Labute approximate surface area is 329 Å². The van der Waals surface area contributed by atoms with Crippen LogP contribution in [0.3, 0.4) is 0 Å². The van der Waals surface area contributed by atoms with Crippen LogP contribution in [0.2, 0.25) is 0 Å². The first-order chi connectivity index (χ1) is 27.3. The van der Waals surface area contributed by atoms with Crippen LogP contribution in [0.5, 0.6) is 34.5 Å². The van der Waals surface area contributed by atoms with Crippen LogP contribution in [0, 0.1) is 11.8 Å². The van der Waals surface area contributed by atoms with Crippen molar-refractivity contribution in [2.75, 3.05) is 47.6 Å². The maximum atomic E-state index is 12.5. The summed E-state index contributed by atoms with van der Waals surface area (Å²) in [5, 5.41) is 52.2. The molecule has 0 radical (unpaired) electrons. The zero-order valence-corrected chi connectivity index (χ0v) is 32.6. The number of aliphatic hydroxyl groups excluding tert-OH is 2. The quantitative estimate of drug-likeness (QED) is 0.0687. The van der Waals surface area contributed by atoms with Gasteiger partial charge in [-0.3, -0.25) is 0 Å². The molecular weight excluding hydrogens is 713 g/mol. The summed E-state index contributed by atoms with van der Waals surface area (Å²) in [4.78, 5) is 0. The fourth-order valence-corrected chi connectivity index (χ4v) is 8.74. The van der Waals surface area contributed by atoms with E-state index in [1.165, 1.54) is 0 Å². The van der Waals surface area contributed by atoms with Crippen molar-refractivity contribution in [2.45, 2.75) is 75.9 Å². The van der Waals surface area contributed by atoms with Crippen molar-refractivity contribution in [3.8, 4) is 45.6 Å². The Kier molecular flexibility index (Phi) is 12.9. The highest BCUT2D eigenvalue weighted by molar-refractivity contribution is 5.70. The minimum absolute atomic E-state index is 0.0792. The number of phenols is 2. The molecule has 0 saturated heterocycles. The third-order valence-electron chi connectivity index (χ3n) is 11.5. The van der Waals surface area contributed by atoms with Gasteiger partial charge in [-0.1, -0.05) is 18.2 Å². The normalized spacial score (nSPS) is 21.8. The second-order valence-electron chi connectivity index (χ2n) is 15.3. The van der Waals surface area contributed by atoms with Gasteiger partial charge in [0.2, 0.25) is 0 Å². The molecule has 4 aromatic carbocycles. The molecule has 0 unspecified atom stereocenters. The van der Waals surface area contributed by atoms with Crippen molar-refractivity contribution < 1.29 is 44.1 Å². The number of aromatic hydroxyl groups is 2. The maximum Gasteiger partial charge on any atom is 0.128 e. The Morgan fingerprint density at radius 3 is 2.43 bits per heavy atom. The summed E-state index contributed by atoms with van der Waals surface area (Å²) in [5.41, 5.74) is 5.45. The molecule has 56 heavy (non-hydrogen) atoms. The van der Waals surface area contributed by atoms with E-state index in [2.05, 4.69) is 10.6 Å². The summed E-state index contributed by atoms with van der Waals surface area (Å²) in [6, 6.07) is 20.0. The number of phenolic OH excluding ortho intramolecular Hbond substituents is 2. The largest absolute Gasteiger partial charge is 0.508 e. The van der Waals surface area contributed by atoms with Gasteiger partial charge in [-0.05, 0) is 111 Å². The third-order valence-corrected chi connectivity index (χ3v) is 11.5. The molecule has 7 rings (SSSR count). The van der Waals surface area contributed by atoms with Crippen LogP contribution in [0.15, 0.2) is 66.7 Å². The summed E-state index contributed by atoms with van der Waals surface area (Å²) < 4.78 is 31.2. The molecular formula is C45H56N2O9. The lowest BCUT2D eigenvalue weighted by Crippen LogP contribution is -2.46. The Morgan fingerprint density at radius 1 is 0.839 bits per heavy atom. The van der Waals surface area contributed by atoms with Gasteiger partial charge in [-0.15, -0.1) is 0 Å². The van der Waals surface area contributed by atoms with Gasteiger partial charge in [0.1, 0.15) is 40.6 Å². The van der Waals surface area contributed by atoms with Crippen molar-refractivity contribution >= 4 is 0 Å². The Morgan fingerprint density at radius 2 is 1.66 bits per heavy atom. The fraction of sp³-hybridized carbons (Fsp3) is 0.467. The minimum atomic E-state index is -1.01. The Balaban J connectivity index is 1.25. The number of likely N-dealkylation sites (N-methyl/N-ethyl adjacent to an activating group) is 1. The zero-order valence-electron chi connectivity index (χ0n) is 32.6. The van der Waals surface area contributed by atoms with Gasteiger partial charge in [-0.25, -0.2) is 0 Å². The van der Waals surface area contributed by atoms with Crippen LogP contribution in [-0.4, -0.2) is 80.2 Å². The molecule has 2 aliphatic heterocycles. The summed E-state index contributed by atoms with van der Waals surface area (Å²) >= 11 is 0. The van der Waals surface area contributed by atoms with E-state index in [9.17, 15) is 20.4 Å². The van der Waals surface area contributed by atoms with Crippen LogP contribution in [0.25, 0.3) is 11.1 Å². The number of fused-ring (bicyclic) bond motifs is 2. The first-order valence-electron chi connectivity index (χ1n) is 19.9. The van der Waals surface area contributed by atoms with Gasteiger partial charge in [0.15, 0.2) is 0 Å². The fourth-order valence-electron chi connectivity index (χ4n) is 8.74. The highest BCUT2D eigenvalue weighted by Crippen LogP contribution is 2.52. The minimum Gasteiger partial charge on any atom is -0.508 e. The Bertz CT molecular complexity index is 1950. The monoisotopic (exact) mass is 768 g/mol. The summed E-state index contributed by atoms with van der Waals surface area (Å²) in [6.45, 7) is 2.87. The van der Waals surface area contributed by atoms with Crippen LogP contribution >= 0.6 is 0 Å². The molecule has 0 bridgehead atoms. The molecule has 3 aliphatic rings. The van der Waals surface area contributed by atoms with E-state index in [0.29, 0.717) is 66.5 Å². The molecule has 0 spiro atoms. The predicted molar refractivity (Wildman–Crippen MR) is 214 cm³/mol. The van der Waals surface area contributed by atoms with Gasteiger partial charge in [0.25, 0.3) is 0 Å². The average Bonchev–Trinajstić information content (AvgIpc) is 3.70. The highest BCUT2D eigenvalue weighted by atomic mass is 16.5. The molecule has 1 saturated carbocycles. The van der Waals surface area contributed by atoms with Crippen molar-refractivity contribution in [3.63, 3.8) is 0 Å². The van der Waals surface area contributed by atoms with Crippen LogP contribution in [0.1, 0.15) is 78.6 Å². The first-order valence-corrected chi connectivity index (χ1v) is 19.9. The first kappa shape index (κ1) is 39.7. The van der Waals surface area contributed by atoms with Crippen molar-refractivity contribution in [1.29, 1.82) is 0 Å². The molecule has 1 aliphatic carbocycles. The number of methoxy groups -OCH3 is 2. The van der Waals surface area contributed by atoms with Crippen LogP contribution in [-0.2, 0) is 17.7 Å². The van der Waals surface area contributed by atoms with Gasteiger partial charge in [-0.2, -0.15) is 0 Å². The van der Waals surface area contributed by atoms with Gasteiger partial charge in [0.05, 0.1) is 32.0 Å². The summed E-state index contributed by atoms with van der Waals surface area (Å²) in [6.07, 6.45) is 3.52. The number of hydrogen-bond donors (Lipinski definition) is 6. The van der Waals surface area contributed by atoms with E-state index in [-0.39, 0.29) is 24.2 Å². The molecule has 300 valence electrons. The lowest BCUT2D eigenvalue weighted by molar-refractivity contribution is -0.0890. The van der Waals surface area contributed by atoms with Gasteiger partial charge >= 0.3 is 0 Å². The number of rotatable bonds is 16. The lowest BCUT2D eigenvalue weighted by atomic mass is 9.72. The number of ether oxygens (including phenoxy) is 5. The van der Waals surface area contributed by atoms with Gasteiger partial charge in [0, 0.05) is 73.9 Å². The average molecular weight is 769 g/mol. The van der Waals surface area contributed by atoms with Crippen molar-refractivity contribution in [3.05, 3.63) is 94.5 Å². The van der Waals surface area contributed by atoms with E-state index in [0.717, 1.165) is 66.6 Å². The molecule has 1 fully saturated rings. The van der Waals surface area contributed by atoms with Crippen molar-refractivity contribution in [1.82, 2.24) is 10.6 Å². The molecule has 4 aromatic rings. The number of hydrogen-bond acceptors (Lipinski definition) is 11.